The summed E-state index contributed by atoms with van der Waals surface area (Å²) in [6.45, 7) is 5.26. The number of carbonyl (C=O) groups excluding carboxylic acids is 2. The zero-order valence-corrected chi connectivity index (χ0v) is 18.8. The van der Waals surface area contributed by atoms with Gasteiger partial charge >= 0.3 is 5.97 Å². The molecule has 1 aromatic rings. The molecule has 1 heterocycles. The monoisotopic (exact) mass is 441 g/mol. The molecule has 1 saturated heterocycles. The van der Waals surface area contributed by atoms with Gasteiger partial charge in [0.05, 0.1) is 25.7 Å². The molecule has 1 fully saturated rings. The summed E-state index contributed by atoms with van der Waals surface area (Å²) in [5.41, 5.74) is 0.508. The minimum Gasteiger partial charge on any atom is -0.492 e. The number of hydrogen-bond acceptors (Lipinski definition) is 7. The first-order valence-corrected chi connectivity index (χ1v) is 11.5. The number of anilines is 1. The molecule has 1 aliphatic rings. The number of sulfonamides is 1. The number of ether oxygens (including phenoxy) is 2. The summed E-state index contributed by atoms with van der Waals surface area (Å²) in [5, 5.41) is 3.00. The lowest BCUT2D eigenvalue weighted by molar-refractivity contribution is -0.151. The molecule has 168 valence electrons. The first kappa shape index (κ1) is 23.9. The maximum atomic E-state index is 12.6. The van der Waals surface area contributed by atoms with Gasteiger partial charge in [0.1, 0.15) is 10.6 Å². The van der Waals surface area contributed by atoms with Crippen LogP contribution in [0.2, 0.25) is 0 Å². The molecule has 0 aliphatic carbocycles. The zero-order valence-electron chi connectivity index (χ0n) is 18.0. The Bertz CT molecular complexity index is 848. The lowest BCUT2D eigenvalue weighted by Gasteiger charge is -2.31. The van der Waals surface area contributed by atoms with Gasteiger partial charge in [-0.05, 0) is 44.9 Å². The highest BCUT2D eigenvalue weighted by atomic mass is 32.2. The van der Waals surface area contributed by atoms with E-state index in [4.69, 9.17) is 9.47 Å². The molecule has 30 heavy (non-hydrogen) atoms. The average molecular weight is 442 g/mol. The smallest absolute Gasteiger partial charge is 0.309 e. The molecule has 1 N–H and O–H groups in total. The van der Waals surface area contributed by atoms with Crippen molar-refractivity contribution in [3.63, 3.8) is 0 Å². The highest BCUT2D eigenvalue weighted by molar-refractivity contribution is 7.89. The van der Waals surface area contributed by atoms with E-state index in [2.05, 4.69) is 5.32 Å². The molecule has 0 atom stereocenters. The Labute approximate surface area is 178 Å². The number of amides is 1. The highest BCUT2D eigenvalue weighted by Crippen LogP contribution is 2.29. The van der Waals surface area contributed by atoms with Gasteiger partial charge in [0.15, 0.2) is 0 Å². The van der Waals surface area contributed by atoms with Gasteiger partial charge < -0.3 is 19.7 Å². The van der Waals surface area contributed by atoms with Crippen molar-refractivity contribution >= 4 is 27.6 Å². The Kier molecular flexibility index (Phi) is 8.48. The number of carbonyl (C=O) groups is 2. The van der Waals surface area contributed by atoms with Gasteiger partial charge in [-0.2, -0.15) is 0 Å². The third-order valence-electron chi connectivity index (χ3n) is 4.91. The topological polar surface area (TPSA) is 105 Å². The number of esters is 1. The SMILES string of the molecule is CCOC(=O)C1CCN(C(=O)CNc2ccc(OCC)c(S(=O)(=O)N(C)C)c2)CC1. The van der Waals surface area contributed by atoms with E-state index < -0.39 is 10.0 Å². The lowest BCUT2D eigenvalue weighted by atomic mass is 9.97. The van der Waals surface area contributed by atoms with Gasteiger partial charge in [-0.3, -0.25) is 9.59 Å². The number of nitrogens with one attached hydrogen (secondary N) is 1. The van der Waals surface area contributed by atoms with Crippen molar-refractivity contribution in [2.24, 2.45) is 5.92 Å². The normalized spacial score (nSPS) is 15.2. The van der Waals surface area contributed by atoms with Crippen molar-refractivity contribution in [3.8, 4) is 5.75 Å². The van der Waals surface area contributed by atoms with Crippen molar-refractivity contribution in [1.29, 1.82) is 0 Å². The quantitative estimate of drug-likeness (QED) is 0.580. The highest BCUT2D eigenvalue weighted by Gasteiger charge is 2.28. The fourth-order valence-corrected chi connectivity index (χ4v) is 4.26. The number of rotatable bonds is 9. The summed E-state index contributed by atoms with van der Waals surface area (Å²) < 4.78 is 36.8. The van der Waals surface area contributed by atoms with E-state index in [0.717, 1.165) is 4.31 Å². The van der Waals surface area contributed by atoms with Gasteiger partial charge in [-0.15, -0.1) is 0 Å². The number of benzene rings is 1. The second kappa shape index (κ2) is 10.6. The van der Waals surface area contributed by atoms with Crippen LogP contribution >= 0.6 is 0 Å². The molecule has 0 unspecified atom stereocenters. The number of piperidine rings is 1. The molecule has 1 aliphatic heterocycles. The van der Waals surface area contributed by atoms with Crippen LogP contribution in [0.3, 0.4) is 0 Å². The van der Waals surface area contributed by atoms with Gasteiger partial charge in [0.25, 0.3) is 0 Å². The number of likely N-dealkylation sites (tertiary alicyclic amines) is 1. The predicted molar refractivity (Wildman–Crippen MR) is 113 cm³/mol. The van der Waals surface area contributed by atoms with E-state index in [1.54, 1.807) is 30.9 Å². The van der Waals surface area contributed by atoms with Crippen LogP contribution in [0.1, 0.15) is 26.7 Å². The third kappa shape index (κ3) is 5.85. The summed E-state index contributed by atoms with van der Waals surface area (Å²) in [4.78, 5) is 26.1. The molecular weight excluding hydrogens is 410 g/mol. The molecule has 10 heteroatoms. The lowest BCUT2D eigenvalue weighted by Crippen LogP contribution is -2.43. The predicted octanol–water partition coefficient (Wildman–Crippen LogP) is 1.55. The summed E-state index contributed by atoms with van der Waals surface area (Å²) in [6, 6.07) is 4.73. The van der Waals surface area contributed by atoms with E-state index in [1.165, 1.54) is 20.2 Å². The minimum atomic E-state index is -3.70. The molecule has 2 rings (SSSR count). The Hall–Kier alpha value is -2.33. The van der Waals surface area contributed by atoms with Crippen molar-refractivity contribution in [2.45, 2.75) is 31.6 Å². The van der Waals surface area contributed by atoms with Gasteiger partial charge in [0.2, 0.25) is 15.9 Å². The van der Waals surface area contributed by atoms with Crippen LogP contribution in [0, 0.1) is 5.92 Å². The summed E-state index contributed by atoms with van der Waals surface area (Å²) >= 11 is 0. The van der Waals surface area contributed by atoms with Crippen molar-refractivity contribution in [1.82, 2.24) is 9.21 Å². The number of nitrogens with zero attached hydrogens (tertiary/aromatic N) is 2. The third-order valence-corrected chi connectivity index (χ3v) is 6.75. The van der Waals surface area contributed by atoms with Crippen LogP contribution in [-0.2, 0) is 24.3 Å². The van der Waals surface area contributed by atoms with Gasteiger partial charge in [-0.25, -0.2) is 12.7 Å². The maximum Gasteiger partial charge on any atom is 0.309 e. The van der Waals surface area contributed by atoms with Crippen LogP contribution in [0.15, 0.2) is 23.1 Å². The molecule has 1 aromatic carbocycles. The molecule has 1 amide bonds. The summed E-state index contributed by atoms with van der Waals surface area (Å²) in [6.07, 6.45) is 1.16. The second-order valence-electron chi connectivity index (χ2n) is 7.14. The van der Waals surface area contributed by atoms with Gasteiger partial charge in [-0.1, -0.05) is 0 Å². The van der Waals surface area contributed by atoms with E-state index in [9.17, 15) is 18.0 Å². The molecule has 0 spiro atoms. The van der Waals surface area contributed by atoms with Crippen molar-refractivity contribution < 1.29 is 27.5 Å². The largest absolute Gasteiger partial charge is 0.492 e. The number of hydrogen-bond donors (Lipinski definition) is 1. The zero-order chi connectivity index (χ0) is 22.3. The van der Waals surface area contributed by atoms with Crippen LogP contribution < -0.4 is 10.1 Å². The fourth-order valence-electron chi connectivity index (χ4n) is 3.21. The fraction of sp³-hybridized carbons (Fsp3) is 0.600. The average Bonchev–Trinajstić information content (AvgIpc) is 2.73. The molecular formula is C20H31N3O6S. The standard InChI is InChI=1S/C20H31N3O6S/c1-5-28-17-8-7-16(13-18(17)30(26,27)22(3)4)21-14-19(24)23-11-9-15(10-12-23)20(25)29-6-2/h7-8,13,15,21H,5-6,9-12,14H2,1-4H3. The Morgan fingerprint density at radius 2 is 1.83 bits per heavy atom. The Morgan fingerprint density at radius 1 is 1.17 bits per heavy atom. The maximum absolute atomic E-state index is 12.6. The second-order valence-corrected chi connectivity index (χ2v) is 9.26. The first-order valence-electron chi connectivity index (χ1n) is 10.1. The van der Waals surface area contributed by atoms with E-state index in [0.29, 0.717) is 44.8 Å². The molecule has 0 saturated carbocycles. The van der Waals surface area contributed by atoms with Crippen LogP contribution in [0.4, 0.5) is 5.69 Å². The molecule has 0 radical (unpaired) electrons. The first-order chi connectivity index (χ1) is 14.2. The summed E-state index contributed by atoms with van der Waals surface area (Å²) in [5.74, 6) is -0.203. The van der Waals surface area contributed by atoms with Crippen LogP contribution in [0.25, 0.3) is 0 Å². The van der Waals surface area contributed by atoms with E-state index in [-0.39, 0.29) is 35.0 Å². The van der Waals surface area contributed by atoms with Crippen LogP contribution in [0.5, 0.6) is 5.75 Å². The summed E-state index contributed by atoms with van der Waals surface area (Å²) in [7, 11) is -0.795. The Morgan fingerprint density at radius 3 is 2.40 bits per heavy atom. The van der Waals surface area contributed by atoms with Crippen molar-refractivity contribution in [2.75, 3.05) is 52.3 Å². The van der Waals surface area contributed by atoms with Crippen molar-refractivity contribution in [3.05, 3.63) is 18.2 Å². The van der Waals surface area contributed by atoms with Crippen LogP contribution in [-0.4, -0.2) is 76.4 Å². The molecule has 0 aromatic heterocycles. The Balaban J connectivity index is 2.00. The molecule has 0 bridgehead atoms. The minimum absolute atomic E-state index is 0.0273. The van der Waals surface area contributed by atoms with Gasteiger partial charge in [0, 0.05) is 32.9 Å². The molecule has 9 nitrogen and oxygen atoms in total. The van der Waals surface area contributed by atoms with E-state index in [1.807, 2.05) is 0 Å². The van der Waals surface area contributed by atoms with E-state index >= 15 is 0 Å².